The van der Waals surface area contributed by atoms with Crippen LogP contribution in [0.2, 0.25) is 0 Å². The average molecular weight is 249 g/mol. The van der Waals surface area contributed by atoms with E-state index in [4.69, 9.17) is 10.5 Å². The van der Waals surface area contributed by atoms with Crippen molar-refractivity contribution < 1.29 is 13.9 Å². The summed E-state index contributed by atoms with van der Waals surface area (Å²) in [6, 6.07) is 5.92. The Bertz CT molecular complexity index is 336. The SMILES string of the molecule is Cl.NCCNC(=O)COc1ccccc1F. The molecule has 0 spiro atoms. The summed E-state index contributed by atoms with van der Waals surface area (Å²) < 4.78 is 18.0. The van der Waals surface area contributed by atoms with Gasteiger partial charge in [-0.2, -0.15) is 0 Å². The molecular formula is C10H14ClFN2O2. The van der Waals surface area contributed by atoms with Gasteiger partial charge in [0.25, 0.3) is 5.91 Å². The highest BCUT2D eigenvalue weighted by Gasteiger charge is 2.04. The number of hydrogen-bond donors (Lipinski definition) is 2. The molecule has 1 amide bonds. The fourth-order valence-electron chi connectivity index (χ4n) is 0.968. The summed E-state index contributed by atoms with van der Waals surface area (Å²) in [5.74, 6) is -0.728. The van der Waals surface area contributed by atoms with E-state index in [0.717, 1.165) is 0 Å². The molecule has 0 aliphatic heterocycles. The van der Waals surface area contributed by atoms with Gasteiger partial charge in [-0.15, -0.1) is 12.4 Å². The van der Waals surface area contributed by atoms with E-state index in [1.165, 1.54) is 12.1 Å². The van der Waals surface area contributed by atoms with Gasteiger partial charge in [0.1, 0.15) is 0 Å². The van der Waals surface area contributed by atoms with E-state index in [0.29, 0.717) is 13.1 Å². The van der Waals surface area contributed by atoms with E-state index in [1.54, 1.807) is 12.1 Å². The molecule has 0 fully saturated rings. The zero-order valence-electron chi connectivity index (χ0n) is 8.61. The van der Waals surface area contributed by atoms with Crippen LogP contribution in [0.1, 0.15) is 0 Å². The molecule has 1 aromatic carbocycles. The van der Waals surface area contributed by atoms with Crippen molar-refractivity contribution in [2.75, 3.05) is 19.7 Å². The van der Waals surface area contributed by atoms with E-state index in [-0.39, 0.29) is 30.7 Å². The van der Waals surface area contributed by atoms with Gasteiger partial charge in [-0.05, 0) is 12.1 Å². The molecule has 4 nitrogen and oxygen atoms in total. The minimum absolute atomic E-state index is 0. The van der Waals surface area contributed by atoms with E-state index < -0.39 is 5.82 Å². The molecule has 0 atom stereocenters. The monoisotopic (exact) mass is 248 g/mol. The largest absolute Gasteiger partial charge is 0.481 e. The van der Waals surface area contributed by atoms with Crippen molar-refractivity contribution in [3.8, 4) is 5.75 Å². The third-order valence-corrected chi connectivity index (χ3v) is 1.66. The zero-order chi connectivity index (χ0) is 11.1. The van der Waals surface area contributed by atoms with Crippen molar-refractivity contribution in [3.05, 3.63) is 30.1 Å². The van der Waals surface area contributed by atoms with Gasteiger partial charge in [-0.25, -0.2) is 4.39 Å². The van der Waals surface area contributed by atoms with Gasteiger partial charge in [-0.1, -0.05) is 12.1 Å². The molecule has 0 heterocycles. The molecule has 0 radical (unpaired) electrons. The van der Waals surface area contributed by atoms with Crippen LogP contribution in [-0.4, -0.2) is 25.6 Å². The van der Waals surface area contributed by atoms with Gasteiger partial charge in [-0.3, -0.25) is 4.79 Å². The normalized spacial score (nSPS) is 9.12. The summed E-state index contributed by atoms with van der Waals surface area (Å²) in [6.45, 7) is 0.547. The summed E-state index contributed by atoms with van der Waals surface area (Å²) in [4.78, 5) is 11.1. The molecule has 0 aromatic heterocycles. The quantitative estimate of drug-likeness (QED) is 0.806. The van der Waals surface area contributed by atoms with Crippen LogP contribution in [0.4, 0.5) is 4.39 Å². The third-order valence-electron chi connectivity index (χ3n) is 1.66. The van der Waals surface area contributed by atoms with Crippen LogP contribution in [0.3, 0.4) is 0 Å². The maximum absolute atomic E-state index is 13.0. The van der Waals surface area contributed by atoms with E-state index in [2.05, 4.69) is 5.32 Å². The number of amides is 1. The van der Waals surface area contributed by atoms with Crippen LogP contribution in [0.25, 0.3) is 0 Å². The van der Waals surface area contributed by atoms with Crippen LogP contribution in [0, 0.1) is 5.82 Å². The van der Waals surface area contributed by atoms with Gasteiger partial charge in [0.05, 0.1) is 0 Å². The molecule has 0 unspecified atom stereocenters. The molecule has 0 bridgehead atoms. The van der Waals surface area contributed by atoms with Crippen LogP contribution < -0.4 is 15.8 Å². The highest BCUT2D eigenvalue weighted by atomic mass is 35.5. The highest BCUT2D eigenvalue weighted by Crippen LogP contribution is 2.14. The fourth-order valence-corrected chi connectivity index (χ4v) is 0.968. The first-order valence-electron chi connectivity index (χ1n) is 4.58. The van der Waals surface area contributed by atoms with Gasteiger partial charge in [0.15, 0.2) is 18.2 Å². The number of hydrogen-bond acceptors (Lipinski definition) is 3. The lowest BCUT2D eigenvalue weighted by atomic mass is 10.3. The number of halogens is 2. The number of nitrogens with two attached hydrogens (primary N) is 1. The van der Waals surface area contributed by atoms with Crippen molar-refractivity contribution in [2.45, 2.75) is 0 Å². The van der Waals surface area contributed by atoms with Gasteiger partial charge < -0.3 is 15.8 Å². The second-order valence-corrected chi connectivity index (χ2v) is 2.86. The third kappa shape index (κ3) is 4.95. The molecule has 1 rings (SSSR count). The number of carbonyl (C=O) groups excluding carboxylic acids is 1. The van der Waals surface area contributed by atoms with Crippen molar-refractivity contribution in [1.29, 1.82) is 0 Å². The molecule has 16 heavy (non-hydrogen) atoms. The van der Waals surface area contributed by atoms with Crippen molar-refractivity contribution in [3.63, 3.8) is 0 Å². The Balaban J connectivity index is 0.00000225. The number of ether oxygens (including phenoxy) is 1. The molecule has 0 saturated heterocycles. The molecule has 6 heteroatoms. The summed E-state index contributed by atoms with van der Waals surface area (Å²) in [6.07, 6.45) is 0. The second kappa shape index (κ2) is 7.90. The number of nitrogens with one attached hydrogen (secondary N) is 1. The molecule has 3 N–H and O–H groups in total. The van der Waals surface area contributed by atoms with E-state index >= 15 is 0 Å². The lowest BCUT2D eigenvalue weighted by Gasteiger charge is -2.06. The Labute approximate surface area is 99.4 Å². The van der Waals surface area contributed by atoms with Crippen molar-refractivity contribution in [2.24, 2.45) is 5.73 Å². The van der Waals surface area contributed by atoms with Crippen LogP contribution in [-0.2, 0) is 4.79 Å². The maximum Gasteiger partial charge on any atom is 0.257 e. The molecule has 90 valence electrons. The van der Waals surface area contributed by atoms with Crippen LogP contribution >= 0.6 is 12.4 Å². The molecule has 0 aliphatic rings. The smallest absolute Gasteiger partial charge is 0.257 e. The molecule has 1 aromatic rings. The van der Waals surface area contributed by atoms with Crippen molar-refractivity contribution in [1.82, 2.24) is 5.32 Å². The van der Waals surface area contributed by atoms with Gasteiger partial charge >= 0.3 is 0 Å². The first-order chi connectivity index (χ1) is 7.24. The lowest BCUT2D eigenvalue weighted by molar-refractivity contribution is -0.123. The second-order valence-electron chi connectivity index (χ2n) is 2.86. The van der Waals surface area contributed by atoms with E-state index in [1.807, 2.05) is 0 Å². The van der Waals surface area contributed by atoms with E-state index in [9.17, 15) is 9.18 Å². The first-order valence-corrected chi connectivity index (χ1v) is 4.58. The summed E-state index contributed by atoms with van der Waals surface area (Å²) in [5, 5.41) is 2.51. The minimum atomic E-state index is -0.482. The minimum Gasteiger partial charge on any atom is -0.481 e. The molecular weight excluding hydrogens is 235 g/mol. The fraction of sp³-hybridized carbons (Fsp3) is 0.300. The van der Waals surface area contributed by atoms with Crippen molar-refractivity contribution >= 4 is 18.3 Å². The standard InChI is InChI=1S/C10H13FN2O2.ClH/c11-8-3-1-2-4-9(8)15-7-10(14)13-6-5-12;/h1-4H,5-7,12H2,(H,13,14);1H. The van der Waals surface area contributed by atoms with Gasteiger partial charge in [0, 0.05) is 13.1 Å². The number of para-hydroxylation sites is 1. The zero-order valence-corrected chi connectivity index (χ0v) is 9.43. The summed E-state index contributed by atoms with van der Waals surface area (Å²) in [5.41, 5.74) is 5.19. The Morgan fingerprint density at radius 3 is 2.75 bits per heavy atom. The average Bonchev–Trinajstić information content (AvgIpc) is 2.25. The Morgan fingerprint density at radius 1 is 1.44 bits per heavy atom. The van der Waals surface area contributed by atoms with Gasteiger partial charge in [0.2, 0.25) is 0 Å². The topological polar surface area (TPSA) is 64.3 Å². The number of rotatable bonds is 5. The Morgan fingerprint density at radius 2 is 2.12 bits per heavy atom. The summed E-state index contributed by atoms with van der Waals surface area (Å²) in [7, 11) is 0. The predicted molar refractivity (Wildman–Crippen MR) is 61.2 cm³/mol. The Hall–Kier alpha value is -1.33. The molecule has 0 aliphatic carbocycles. The number of benzene rings is 1. The highest BCUT2D eigenvalue weighted by molar-refractivity contribution is 5.85. The maximum atomic E-state index is 13.0. The lowest BCUT2D eigenvalue weighted by Crippen LogP contribution is -2.33. The van der Waals surface area contributed by atoms with Crippen LogP contribution in [0.15, 0.2) is 24.3 Å². The Kier molecular flexibility index (Phi) is 7.24. The molecule has 0 saturated carbocycles. The summed E-state index contributed by atoms with van der Waals surface area (Å²) >= 11 is 0. The number of carbonyl (C=O) groups is 1. The van der Waals surface area contributed by atoms with Crippen LogP contribution in [0.5, 0.6) is 5.75 Å². The predicted octanol–water partition coefficient (Wildman–Crippen LogP) is 0.701. The first kappa shape index (κ1) is 14.7.